The van der Waals surface area contributed by atoms with Crippen LogP contribution in [0.15, 0.2) is 22.9 Å². The summed E-state index contributed by atoms with van der Waals surface area (Å²) in [5.74, 6) is -0.344. The van der Waals surface area contributed by atoms with Crippen molar-refractivity contribution in [1.82, 2.24) is 9.38 Å². The summed E-state index contributed by atoms with van der Waals surface area (Å²) in [6, 6.07) is 3.84. The van der Waals surface area contributed by atoms with Crippen LogP contribution in [0.3, 0.4) is 0 Å². The van der Waals surface area contributed by atoms with E-state index in [9.17, 15) is 4.79 Å². The van der Waals surface area contributed by atoms with Gasteiger partial charge in [-0.3, -0.25) is 4.79 Å². The highest BCUT2D eigenvalue weighted by Gasteiger charge is 2.12. The number of hydrogen-bond donors (Lipinski definition) is 1. The van der Waals surface area contributed by atoms with E-state index in [0.717, 1.165) is 11.1 Å². The van der Waals surface area contributed by atoms with Gasteiger partial charge in [0.05, 0.1) is 5.52 Å². The van der Waals surface area contributed by atoms with Gasteiger partial charge in [-0.2, -0.15) is 0 Å². The van der Waals surface area contributed by atoms with E-state index >= 15 is 0 Å². The lowest BCUT2D eigenvalue weighted by Crippen LogP contribution is -2.04. The lowest BCUT2D eigenvalue weighted by Gasteiger charge is -2.00. The van der Waals surface area contributed by atoms with Crippen molar-refractivity contribution in [2.75, 3.05) is 0 Å². The average molecular weight is 269 g/mol. The van der Waals surface area contributed by atoms with Crippen molar-refractivity contribution < 1.29 is 9.90 Å². The second-order valence-corrected chi connectivity index (χ2v) is 4.05. The molecule has 0 fully saturated rings. The molecule has 0 unspecified atom stereocenters. The van der Waals surface area contributed by atoms with Gasteiger partial charge in [-0.25, -0.2) is 4.98 Å². The van der Waals surface area contributed by atoms with Crippen molar-refractivity contribution >= 4 is 27.4 Å². The van der Waals surface area contributed by atoms with Crippen LogP contribution in [0.4, 0.5) is 0 Å². The number of carbonyl (C=O) groups is 1. The fourth-order valence-corrected chi connectivity index (χ4v) is 2.28. The lowest BCUT2D eigenvalue weighted by molar-refractivity contribution is -0.136. The molecule has 2 heterocycles. The Labute approximate surface area is 94.7 Å². The Morgan fingerprint density at radius 3 is 3.07 bits per heavy atom. The van der Waals surface area contributed by atoms with Gasteiger partial charge >= 0.3 is 5.97 Å². The molecular formula is C10H9BrN2O2. The van der Waals surface area contributed by atoms with Crippen molar-refractivity contribution in [1.29, 1.82) is 0 Å². The zero-order valence-electron chi connectivity index (χ0n) is 8.07. The smallest absolute Gasteiger partial charge is 0.311 e. The maximum absolute atomic E-state index is 10.6. The van der Waals surface area contributed by atoms with Gasteiger partial charge in [0.25, 0.3) is 0 Å². The van der Waals surface area contributed by atoms with Crippen molar-refractivity contribution in [3.63, 3.8) is 0 Å². The van der Waals surface area contributed by atoms with E-state index in [1.165, 1.54) is 0 Å². The molecule has 0 aliphatic carbocycles. The van der Waals surface area contributed by atoms with Gasteiger partial charge in [-0.1, -0.05) is 6.07 Å². The van der Waals surface area contributed by atoms with Gasteiger partial charge in [0.2, 0.25) is 0 Å². The van der Waals surface area contributed by atoms with Crippen LogP contribution < -0.4 is 0 Å². The number of aliphatic carboxylic acids is 1. The Kier molecular flexibility index (Phi) is 2.48. The summed E-state index contributed by atoms with van der Waals surface area (Å²) in [5.41, 5.74) is 1.99. The van der Waals surface area contributed by atoms with Crippen LogP contribution in [0.2, 0.25) is 0 Å². The first kappa shape index (κ1) is 10.2. The Balaban J connectivity index is 2.68. The molecule has 15 heavy (non-hydrogen) atoms. The zero-order chi connectivity index (χ0) is 11.0. The first-order chi connectivity index (χ1) is 7.09. The molecule has 2 rings (SSSR count). The summed E-state index contributed by atoms with van der Waals surface area (Å²) in [6.45, 7) is 1.96. The highest BCUT2D eigenvalue weighted by atomic mass is 79.9. The molecule has 0 aliphatic heterocycles. The number of aromatic nitrogens is 2. The third kappa shape index (κ3) is 1.74. The number of carboxylic acid groups (broad SMARTS) is 1. The summed E-state index contributed by atoms with van der Waals surface area (Å²) in [7, 11) is 0. The molecule has 5 heteroatoms. The van der Waals surface area contributed by atoms with Crippen molar-refractivity contribution in [2.45, 2.75) is 13.3 Å². The predicted molar refractivity (Wildman–Crippen MR) is 59.0 cm³/mol. The Morgan fingerprint density at radius 2 is 2.40 bits per heavy atom. The standard InChI is InChI=1S/C10H9BrN2O2/c1-6-3-2-4-13-7(5-8(14)15)12-10(11)9(6)13/h2-4H,5H2,1H3,(H,14,15). The topological polar surface area (TPSA) is 54.6 Å². The first-order valence-electron chi connectivity index (χ1n) is 4.43. The summed E-state index contributed by atoms with van der Waals surface area (Å²) in [6.07, 6.45) is 1.74. The van der Waals surface area contributed by atoms with Gasteiger partial charge < -0.3 is 9.51 Å². The number of carboxylic acids is 1. The molecule has 2 aromatic rings. The Bertz CT molecular complexity index is 533. The number of hydrogen-bond acceptors (Lipinski definition) is 2. The second-order valence-electron chi connectivity index (χ2n) is 3.30. The van der Waals surface area contributed by atoms with Crippen LogP contribution in [0.5, 0.6) is 0 Å². The number of fused-ring (bicyclic) bond motifs is 1. The number of imidazole rings is 1. The summed E-state index contributed by atoms with van der Waals surface area (Å²) >= 11 is 3.33. The molecule has 78 valence electrons. The molecule has 0 bridgehead atoms. The van der Waals surface area contributed by atoms with Gasteiger partial charge in [0.15, 0.2) is 0 Å². The third-order valence-corrected chi connectivity index (χ3v) is 2.76. The third-order valence-electron chi connectivity index (χ3n) is 2.21. The van der Waals surface area contributed by atoms with E-state index in [0.29, 0.717) is 10.4 Å². The molecule has 0 atom stereocenters. The number of halogens is 1. The molecule has 2 aromatic heterocycles. The van der Waals surface area contributed by atoms with Crippen molar-refractivity contribution in [3.05, 3.63) is 34.3 Å². The number of pyridine rings is 1. The average Bonchev–Trinajstić information content (AvgIpc) is 2.44. The highest BCUT2D eigenvalue weighted by molar-refractivity contribution is 9.10. The van der Waals surface area contributed by atoms with Crippen LogP contribution in [-0.2, 0) is 11.2 Å². The van der Waals surface area contributed by atoms with E-state index in [1.54, 1.807) is 4.40 Å². The van der Waals surface area contributed by atoms with Gasteiger partial charge in [0.1, 0.15) is 16.8 Å². The highest BCUT2D eigenvalue weighted by Crippen LogP contribution is 2.22. The number of aryl methyl sites for hydroxylation is 1. The first-order valence-corrected chi connectivity index (χ1v) is 5.22. The van der Waals surface area contributed by atoms with E-state index in [2.05, 4.69) is 20.9 Å². The monoisotopic (exact) mass is 268 g/mol. The maximum Gasteiger partial charge on any atom is 0.311 e. The number of nitrogens with zero attached hydrogens (tertiary/aromatic N) is 2. The number of rotatable bonds is 2. The van der Waals surface area contributed by atoms with Crippen molar-refractivity contribution in [3.8, 4) is 0 Å². The summed E-state index contributed by atoms with van der Waals surface area (Å²) in [4.78, 5) is 14.8. The molecule has 0 amide bonds. The quantitative estimate of drug-likeness (QED) is 0.907. The fraction of sp³-hybridized carbons (Fsp3) is 0.200. The predicted octanol–water partition coefficient (Wildman–Crippen LogP) is 2.03. The Morgan fingerprint density at radius 1 is 1.67 bits per heavy atom. The molecule has 0 radical (unpaired) electrons. The SMILES string of the molecule is Cc1cccn2c(CC(=O)O)nc(Br)c12. The van der Waals surface area contributed by atoms with E-state index in [1.807, 2.05) is 25.3 Å². The molecule has 1 N–H and O–H groups in total. The van der Waals surface area contributed by atoms with Crippen LogP contribution in [0.25, 0.3) is 5.52 Å². The van der Waals surface area contributed by atoms with Crippen LogP contribution in [0, 0.1) is 6.92 Å². The molecule has 0 saturated heterocycles. The summed E-state index contributed by atoms with van der Waals surface area (Å²) < 4.78 is 2.49. The van der Waals surface area contributed by atoms with E-state index < -0.39 is 5.97 Å². The molecule has 0 spiro atoms. The van der Waals surface area contributed by atoms with Crippen LogP contribution in [-0.4, -0.2) is 20.5 Å². The Hall–Kier alpha value is -1.36. The van der Waals surface area contributed by atoms with E-state index in [-0.39, 0.29) is 6.42 Å². The zero-order valence-corrected chi connectivity index (χ0v) is 9.65. The minimum absolute atomic E-state index is 0.0732. The van der Waals surface area contributed by atoms with Crippen LogP contribution >= 0.6 is 15.9 Å². The minimum atomic E-state index is -0.879. The van der Waals surface area contributed by atoms with Gasteiger partial charge in [0, 0.05) is 6.20 Å². The van der Waals surface area contributed by atoms with Crippen LogP contribution in [0.1, 0.15) is 11.4 Å². The van der Waals surface area contributed by atoms with Gasteiger partial charge in [-0.15, -0.1) is 0 Å². The van der Waals surface area contributed by atoms with E-state index in [4.69, 9.17) is 5.11 Å². The molecule has 0 aliphatic rings. The fourth-order valence-electron chi connectivity index (χ4n) is 1.57. The maximum atomic E-state index is 10.6. The second kappa shape index (κ2) is 3.66. The molecular weight excluding hydrogens is 260 g/mol. The normalized spacial score (nSPS) is 10.8. The summed E-state index contributed by atoms with van der Waals surface area (Å²) in [5, 5.41) is 8.74. The molecule has 0 aromatic carbocycles. The largest absolute Gasteiger partial charge is 0.481 e. The van der Waals surface area contributed by atoms with Gasteiger partial charge in [-0.05, 0) is 34.5 Å². The molecule has 4 nitrogen and oxygen atoms in total. The molecule has 0 saturated carbocycles. The van der Waals surface area contributed by atoms with Crippen molar-refractivity contribution in [2.24, 2.45) is 0 Å². The lowest BCUT2D eigenvalue weighted by atomic mass is 10.2. The minimum Gasteiger partial charge on any atom is -0.481 e.